The van der Waals surface area contributed by atoms with E-state index in [9.17, 15) is 5.11 Å². The lowest BCUT2D eigenvalue weighted by Gasteiger charge is -2.39. The topological polar surface area (TPSA) is 58.3 Å². The molecule has 1 aliphatic carbocycles. The summed E-state index contributed by atoms with van der Waals surface area (Å²) in [6, 6.07) is 0.457. The fourth-order valence-electron chi connectivity index (χ4n) is 2.85. The van der Waals surface area contributed by atoms with Crippen molar-refractivity contribution in [2.75, 3.05) is 13.2 Å². The van der Waals surface area contributed by atoms with E-state index in [1.54, 1.807) is 0 Å². The lowest BCUT2D eigenvalue weighted by atomic mass is 9.82. The highest BCUT2D eigenvalue weighted by molar-refractivity contribution is 4.91. The maximum atomic E-state index is 9.39. The number of aliphatic hydroxyl groups excluding tert-OH is 1. The average molecular weight is 228 g/mol. The Morgan fingerprint density at radius 2 is 2.06 bits per heavy atom. The molecule has 3 nitrogen and oxygen atoms in total. The maximum Gasteiger partial charge on any atom is 0.0474 e. The molecular formula is C13H28N2O. The molecule has 3 atom stereocenters. The van der Waals surface area contributed by atoms with Crippen molar-refractivity contribution in [2.24, 2.45) is 11.7 Å². The van der Waals surface area contributed by atoms with Crippen LogP contribution in [0.15, 0.2) is 0 Å². The van der Waals surface area contributed by atoms with Gasteiger partial charge in [0.1, 0.15) is 0 Å². The van der Waals surface area contributed by atoms with Crippen molar-refractivity contribution in [1.82, 2.24) is 5.32 Å². The second-order valence-corrected chi connectivity index (χ2v) is 5.49. The average Bonchev–Trinajstić information content (AvgIpc) is 2.30. The lowest BCUT2D eigenvalue weighted by Crippen LogP contribution is -2.56. The molecule has 0 amide bonds. The molecule has 0 aliphatic heterocycles. The van der Waals surface area contributed by atoms with Crippen molar-refractivity contribution in [3.8, 4) is 0 Å². The van der Waals surface area contributed by atoms with Gasteiger partial charge in [-0.15, -0.1) is 0 Å². The normalized spacial score (nSPS) is 30.0. The largest absolute Gasteiger partial charge is 0.396 e. The molecule has 16 heavy (non-hydrogen) atoms. The minimum Gasteiger partial charge on any atom is -0.396 e. The highest BCUT2D eigenvalue weighted by Gasteiger charge is 2.30. The Labute approximate surface area is 99.8 Å². The van der Waals surface area contributed by atoms with Crippen molar-refractivity contribution in [3.05, 3.63) is 0 Å². The third-order valence-electron chi connectivity index (χ3n) is 3.93. The Kier molecular flexibility index (Phi) is 5.73. The van der Waals surface area contributed by atoms with E-state index in [2.05, 4.69) is 19.2 Å². The molecule has 4 N–H and O–H groups in total. The zero-order valence-corrected chi connectivity index (χ0v) is 10.8. The lowest BCUT2D eigenvalue weighted by molar-refractivity contribution is 0.129. The predicted molar refractivity (Wildman–Crippen MR) is 68.3 cm³/mol. The molecule has 0 spiro atoms. The minimum atomic E-state index is 0.0458. The molecule has 1 fully saturated rings. The molecule has 0 aromatic carbocycles. The van der Waals surface area contributed by atoms with Crippen LogP contribution in [0.3, 0.4) is 0 Å². The summed E-state index contributed by atoms with van der Waals surface area (Å²) in [5.41, 5.74) is 5.92. The third-order valence-corrected chi connectivity index (χ3v) is 3.93. The molecular weight excluding hydrogens is 200 g/mol. The first kappa shape index (κ1) is 13.9. The van der Waals surface area contributed by atoms with Gasteiger partial charge in [0.15, 0.2) is 0 Å². The van der Waals surface area contributed by atoms with Crippen LogP contribution in [0.2, 0.25) is 0 Å². The monoisotopic (exact) mass is 228 g/mol. The van der Waals surface area contributed by atoms with Gasteiger partial charge in [-0.2, -0.15) is 0 Å². The summed E-state index contributed by atoms with van der Waals surface area (Å²) in [6.07, 6.45) is 7.14. The highest BCUT2D eigenvalue weighted by Crippen LogP contribution is 2.26. The predicted octanol–water partition coefficient (Wildman–Crippen LogP) is 1.64. The van der Waals surface area contributed by atoms with E-state index in [1.807, 2.05) is 0 Å². The summed E-state index contributed by atoms with van der Waals surface area (Å²) in [7, 11) is 0. The van der Waals surface area contributed by atoms with Crippen molar-refractivity contribution in [1.29, 1.82) is 0 Å². The number of aliphatic hydroxyl groups is 1. The van der Waals surface area contributed by atoms with Crippen LogP contribution in [0.4, 0.5) is 0 Å². The zero-order valence-electron chi connectivity index (χ0n) is 10.8. The second kappa shape index (κ2) is 6.58. The van der Waals surface area contributed by atoms with Gasteiger partial charge in [-0.25, -0.2) is 0 Å². The van der Waals surface area contributed by atoms with Crippen molar-refractivity contribution in [2.45, 2.75) is 64.0 Å². The van der Waals surface area contributed by atoms with Crippen LogP contribution in [-0.4, -0.2) is 29.8 Å². The summed E-state index contributed by atoms with van der Waals surface area (Å²) >= 11 is 0. The molecule has 1 aliphatic rings. The molecule has 0 saturated heterocycles. The molecule has 3 heteroatoms. The van der Waals surface area contributed by atoms with Gasteiger partial charge in [-0.1, -0.05) is 26.2 Å². The summed E-state index contributed by atoms with van der Waals surface area (Å²) < 4.78 is 0. The van der Waals surface area contributed by atoms with Gasteiger partial charge in [0.2, 0.25) is 0 Å². The van der Waals surface area contributed by atoms with Gasteiger partial charge < -0.3 is 16.2 Å². The maximum absolute atomic E-state index is 9.39. The fraction of sp³-hybridized carbons (Fsp3) is 1.00. The molecule has 96 valence electrons. The van der Waals surface area contributed by atoms with Crippen LogP contribution in [0.25, 0.3) is 0 Å². The molecule has 0 aromatic rings. The van der Waals surface area contributed by atoms with Crippen LogP contribution < -0.4 is 11.1 Å². The van der Waals surface area contributed by atoms with Crippen molar-refractivity contribution < 1.29 is 5.11 Å². The van der Waals surface area contributed by atoms with E-state index in [0.717, 1.165) is 19.3 Å². The summed E-state index contributed by atoms with van der Waals surface area (Å²) in [4.78, 5) is 0. The van der Waals surface area contributed by atoms with Gasteiger partial charge in [0.25, 0.3) is 0 Å². The number of hydrogen-bond acceptors (Lipinski definition) is 3. The van der Waals surface area contributed by atoms with Crippen LogP contribution in [0.5, 0.6) is 0 Å². The van der Waals surface area contributed by atoms with Crippen LogP contribution in [-0.2, 0) is 0 Å². The Hall–Kier alpha value is -0.120. The molecule has 0 aromatic heterocycles. The minimum absolute atomic E-state index is 0.0458. The smallest absolute Gasteiger partial charge is 0.0474 e. The fourth-order valence-corrected chi connectivity index (χ4v) is 2.85. The van der Waals surface area contributed by atoms with Crippen molar-refractivity contribution in [3.63, 3.8) is 0 Å². The molecule has 0 bridgehead atoms. The second-order valence-electron chi connectivity index (χ2n) is 5.49. The molecule has 0 radical (unpaired) electrons. The first-order valence-electron chi connectivity index (χ1n) is 6.74. The first-order chi connectivity index (χ1) is 7.65. The number of rotatable bonds is 6. The molecule has 1 rings (SSSR count). The van der Waals surface area contributed by atoms with Crippen LogP contribution in [0, 0.1) is 5.92 Å². The van der Waals surface area contributed by atoms with Gasteiger partial charge in [0.05, 0.1) is 0 Å². The SMILES string of the molecule is CCCC(C)(CN)NC1CCCCC1CO. The zero-order chi connectivity index (χ0) is 12.0. The third kappa shape index (κ3) is 3.72. The van der Waals surface area contributed by atoms with Gasteiger partial charge >= 0.3 is 0 Å². The van der Waals surface area contributed by atoms with Crippen LogP contribution >= 0.6 is 0 Å². The van der Waals surface area contributed by atoms with E-state index >= 15 is 0 Å². The molecule has 1 saturated carbocycles. The molecule has 0 heterocycles. The van der Waals surface area contributed by atoms with Gasteiger partial charge in [-0.05, 0) is 32.1 Å². The van der Waals surface area contributed by atoms with Gasteiger partial charge in [-0.3, -0.25) is 0 Å². The Balaban J connectivity index is 2.54. The number of nitrogens with two attached hydrogens (primary N) is 1. The van der Waals surface area contributed by atoms with E-state index in [-0.39, 0.29) is 5.54 Å². The summed E-state index contributed by atoms with van der Waals surface area (Å²) in [5, 5.41) is 13.1. The van der Waals surface area contributed by atoms with Crippen LogP contribution in [0.1, 0.15) is 52.4 Å². The quantitative estimate of drug-likeness (QED) is 0.648. The Bertz CT molecular complexity index is 198. The summed E-state index contributed by atoms with van der Waals surface area (Å²) in [6.45, 7) is 5.39. The van der Waals surface area contributed by atoms with Crippen molar-refractivity contribution >= 4 is 0 Å². The molecule has 3 unspecified atom stereocenters. The van der Waals surface area contributed by atoms with Gasteiger partial charge in [0, 0.05) is 24.7 Å². The summed E-state index contributed by atoms with van der Waals surface area (Å²) in [5.74, 6) is 0.427. The van der Waals surface area contributed by atoms with E-state index < -0.39 is 0 Å². The van der Waals surface area contributed by atoms with E-state index in [4.69, 9.17) is 5.73 Å². The first-order valence-corrected chi connectivity index (χ1v) is 6.74. The standard InChI is InChI=1S/C13H28N2O/c1-3-8-13(2,10-14)15-12-7-5-4-6-11(12)9-16/h11-12,15-16H,3-10,14H2,1-2H3. The number of nitrogens with one attached hydrogen (secondary N) is 1. The highest BCUT2D eigenvalue weighted by atomic mass is 16.3. The Morgan fingerprint density at radius 1 is 1.38 bits per heavy atom. The van der Waals surface area contributed by atoms with E-state index in [1.165, 1.54) is 19.3 Å². The Morgan fingerprint density at radius 3 is 2.62 bits per heavy atom. The number of hydrogen-bond donors (Lipinski definition) is 3. The van der Waals surface area contributed by atoms with E-state index in [0.29, 0.717) is 25.1 Å².